The van der Waals surface area contributed by atoms with Gasteiger partial charge in [-0.15, -0.1) is 11.3 Å². The molecule has 2 aromatic rings. The summed E-state index contributed by atoms with van der Waals surface area (Å²) in [5.41, 5.74) is 0.392. The number of hydrogen-bond donors (Lipinski definition) is 1. The minimum absolute atomic E-state index is 0.244. The molecule has 1 heterocycles. The van der Waals surface area contributed by atoms with Crippen LogP contribution in [-0.4, -0.2) is 41.1 Å². The highest BCUT2D eigenvalue weighted by Gasteiger charge is 2.28. The number of methoxy groups -OCH3 is 1. The zero-order valence-corrected chi connectivity index (χ0v) is 17.1. The number of carbonyl (C=O) groups is 2. The Bertz CT molecular complexity index is 798. The van der Waals surface area contributed by atoms with E-state index in [0.29, 0.717) is 23.1 Å². The fourth-order valence-corrected chi connectivity index (χ4v) is 3.12. The number of nitrogens with one attached hydrogen (secondary N) is 1. The van der Waals surface area contributed by atoms with Crippen molar-refractivity contribution in [3.63, 3.8) is 0 Å². The van der Waals surface area contributed by atoms with Gasteiger partial charge in [-0.3, -0.25) is 0 Å². The minimum atomic E-state index is -0.491. The minimum Gasteiger partial charge on any atom is -0.492 e. The smallest absolute Gasteiger partial charge is 0.357 e. The first-order valence-electron chi connectivity index (χ1n) is 8.59. The van der Waals surface area contributed by atoms with Gasteiger partial charge in [0.15, 0.2) is 5.69 Å². The maximum absolute atomic E-state index is 13.0. The van der Waals surface area contributed by atoms with Crippen LogP contribution in [0.15, 0.2) is 29.6 Å². The van der Waals surface area contributed by atoms with Gasteiger partial charge in [0, 0.05) is 10.9 Å². The number of esters is 1. The lowest BCUT2D eigenvalue weighted by molar-refractivity contribution is 0.0594. The third kappa shape index (κ3) is 5.43. The number of carbonyl (C=O) groups excluding carboxylic acids is 2. The number of aromatic nitrogens is 1. The lowest BCUT2D eigenvalue weighted by atomic mass is 10.1. The summed E-state index contributed by atoms with van der Waals surface area (Å²) < 4.78 is 10.3. The highest BCUT2D eigenvalue weighted by molar-refractivity contribution is 7.09. The van der Waals surface area contributed by atoms with E-state index in [-0.39, 0.29) is 18.3 Å². The second kappa shape index (κ2) is 8.85. The predicted molar refractivity (Wildman–Crippen MR) is 105 cm³/mol. The average Bonchev–Trinajstić information content (AvgIpc) is 3.08. The number of para-hydroxylation sites is 2. The van der Waals surface area contributed by atoms with Crippen LogP contribution < -0.4 is 10.1 Å². The van der Waals surface area contributed by atoms with Crippen molar-refractivity contribution in [2.24, 2.45) is 0 Å². The first-order valence-corrected chi connectivity index (χ1v) is 9.47. The van der Waals surface area contributed by atoms with Crippen molar-refractivity contribution in [3.05, 3.63) is 40.3 Å². The molecular weight excluding hydrogens is 366 g/mol. The summed E-state index contributed by atoms with van der Waals surface area (Å²) >= 11 is 1.31. The molecule has 0 saturated carbocycles. The lowest BCUT2D eigenvalue weighted by Crippen LogP contribution is -2.47. The second-order valence-electron chi connectivity index (χ2n) is 6.73. The Morgan fingerprint density at radius 2 is 1.96 bits per heavy atom. The summed E-state index contributed by atoms with van der Waals surface area (Å²) in [4.78, 5) is 30.5. The van der Waals surface area contributed by atoms with Crippen LogP contribution in [0.2, 0.25) is 0 Å². The van der Waals surface area contributed by atoms with Gasteiger partial charge in [0.25, 0.3) is 0 Å². The number of benzene rings is 1. The monoisotopic (exact) mass is 391 g/mol. The van der Waals surface area contributed by atoms with Crippen molar-refractivity contribution >= 4 is 29.0 Å². The van der Waals surface area contributed by atoms with Crippen LogP contribution >= 0.6 is 11.3 Å². The van der Waals surface area contributed by atoms with Crippen molar-refractivity contribution in [3.8, 4) is 5.75 Å². The van der Waals surface area contributed by atoms with Gasteiger partial charge in [-0.05, 0) is 39.8 Å². The number of anilines is 1. The average molecular weight is 391 g/mol. The molecule has 27 heavy (non-hydrogen) atoms. The van der Waals surface area contributed by atoms with E-state index in [9.17, 15) is 9.59 Å². The Kier molecular flexibility index (Phi) is 6.79. The zero-order valence-electron chi connectivity index (χ0n) is 16.2. The molecule has 8 heteroatoms. The molecule has 1 N–H and O–H groups in total. The first-order chi connectivity index (χ1) is 12.8. The van der Waals surface area contributed by atoms with Crippen molar-refractivity contribution in [1.82, 2.24) is 9.88 Å². The number of ether oxygens (including phenoxy) is 2. The van der Waals surface area contributed by atoms with Gasteiger partial charge in [-0.25, -0.2) is 14.6 Å². The topological polar surface area (TPSA) is 80.8 Å². The number of hydrogen-bond acceptors (Lipinski definition) is 6. The van der Waals surface area contributed by atoms with Crippen LogP contribution in [0, 0.1) is 0 Å². The van der Waals surface area contributed by atoms with Crippen molar-refractivity contribution < 1.29 is 19.1 Å². The van der Waals surface area contributed by atoms with E-state index in [1.54, 1.807) is 16.3 Å². The highest BCUT2D eigenvalue weighted by Crippen LogP contribution is 2.26. The Morgan fingerprint density at radius 3 is 2.59 bits per heavy atom. The number of rotatable bonds is 6. The van der Waals surface area contributed by atoms with E-state index >= 15 is 0 Å². The highest BCUT2D eigenvalue weighted by atomic mass is 32.1. The number of urea groups is 1. The molecule has 0 aliphatic heterocycles. The van der Waals surface area contributed by atoms with E-state index in [1.165, 1.54) is 18.4 Å². The van der Waals surface area contributed by atoms with Gasteiger partial charge in [0.2, 0.25) is 0 Å². The summed E-state index contributed by atoms with van der Waals surface area (Å²) in [5, 5.41) is 5.19. The standard InChI is InChI=1S/C19H25N3O4S/c1-6-26-15-10-8-7-9-13(15)21-18(24)22(19(2,3)4)11-16-20-14(12-27-16)17(23)25-5/h7-10,12H,6,11H2,1-5H3,(H,21,24). The maximum atomic E-state index is 13.0. The summed E-state index contributed by atoms with van der Waals surface area (Å²) in [7, 11) is 1.31. The third-order valence-electron chi connectivity index (χ3n) is 3.72. The van der Waals surface area contributed by atoms with E-state index in [2.05, 4.69) is 15.0 Å². The Labute approximate surface area is 163 Å². The van der Waals surface area contributed by atoms with Gasteiger partial charge in [-0.1, -0.05) is 12.1 Å². The molecular formula is C19H25N3O4S. The lowest BCUT2D eigenvalue weighted by Gasteiger charge is -2.35. The molecule has 7 nitrogen and oxygen atoms in total. The molecule has 0 aliphatic rings. The molecule has 2 amide bonds. The number of nitrogens with zero attached hydrogens (tertiary/aromatic N) is 2. The summed E-state index contributed by atoms with van der Waals surface area (Å²) in [5.74, 6) is 0.124. The van der Waals surface area contributed by atoms with Crippen molar-refractivity contribution in [2.45, 2.75) is 39.8 Å². The number of thiazole rings is 1. The largest absolute Gasteiger partial charge is 0.492 e. The molecule has 0 fully saturated rings. The quantitative estimate of drug-likeness (QED) is 0.748. The normalized spacial score (nSPS) is 11.0. The van der Waals surface area contributed by atoms with Crippen LogP contribution in [0.3, 0.4) is 0 Å². The predicted octanol–water partition coefficient (Wildman–Crippen LogP) is 4.16. The van der Waals surface area contributed by atoms with Gasteiger partial charge >= 0.3 is 12.0 Å². The molecule has 0 atom stereocenters. The molecule has 0 unspecified atom stereocenters. The molecule has 2 rings (SSSR count). The summed E-state index contributed by atoms with van der Waals surface area (Å²) in [6.07, 6.45) is 0. The fraction of sp³-hybridized carbons (Fsp3) is 0.421. The summed E-state index contributed by atoms with van der Waals surface area (Å²) in [6, 6.07) is 7.02. The van der Waals surface area contributed by atoms with E-state index in [1.807, 2.05) is 45.9 Å². The Morgan fingerprint density at radius 1 is 1.26 bits per heavy atom. The van der Waals surface area contributed by atoms with Crippen LogP contribution in [0.25, 0.3) is 0 Å². The Balaban J connectivity index is 2.20. The van der Waals surface area contributed by atoms with E-state index in [4.69, 9.17) is 4.74 Å². The third-order valence-corrected chi connectivity index (χ3v) is 4.56. The zero-order chi connectivity index (χ0) is 20.0. The van der Waals surface area contributed by atoms with Gasteiger partial charge in [-0.2, -0.15) is 0 Å². The molecule has 0 bridgehead atoms. The van der Waals surface area contributed by atoms with Crippen molar-refractivity contribution in [1.29, 1.82) is 0 Å². The van der Waals surface area contributed by atoms with E-state index in [0.717, 1.165) is 0 Å². The molecule has 0 aliphatic carbocycles. The molecule has 146 valence electrons. The summed E-state index contributed by atoms with van der Waals surface area (Å²) in [6.45, 7) is 8.49. The SMILES string of the molecule is CCOc1ccccc1NC(=O)N(Cc1nc(C(=O)OC)cs1)C(C)(C)C. The molecule has 0 saturated heterocycles. The maximum Gasteiger partial charge on any atom is 0.357 e. The molecule has 0 spiro atoms. The van der Waals surface area contributed by atoms with Gasteiger partial charge in [0.05, 0.1) is 25.9 Å². The number of amides is 2. The fourth-order valence-electron chi connectivity index (χ4n) is 2.36. The molecule has 0 radical (unpaired) electrons. The van der Waals surface area contributed by atoms with E-state index < -0.39 is 11.5 Å². The first kappa shape index (κ1) is 20.7. The Hall–Kier alpha value is -2.61. The van der Waals surface area contributed by atoms with Crippen LogP contribution in [0.1, 0.15) is 43.2 Å². The molecule has 1 aromatic heterocycles. The van der Waals surface area contributed by atoms with Crippen LogP contribution in [0.4, 0.5) is 10.5 Å². The van der Waals surface area contributed by atoms with Crippen LogP contribution in [0.5, 0.6) is 5.75 Å². The molecule has 1 aromatic carbocycles. The van der Waals surface area contributed by atoms with Gasteiger partial charge < -0.3 is 19.7 Å². The van der Waals surface area contributed by atoms with Crippen molar-refractivity contribution in [2.75, 3.05) is 19.0 Å². The van der Waals surface area contributed by atoms with Gasteiger partial charge in [0.1, 0.15) is 10.8 Å². The second-order valence-corrected chi connectivity index (χ2v) is 7.68. The van der Waals surface area contributed by atoms with Crippen LogP contribution in [-0.2, 0) is 11.3 Å².